The van der Waals surface area contributed by atoms with Gasteiger partial charge in [0, 0.05) is 16.6 Å². The summed E-state index contributed by atoms with van der Waals surface area (Å²) in [4.78, 5) is 28.3. The van der Waals surface area contributed by atoms with Crippen LogP contribution < -0.4 is 5.32 Å². The van der Waals surface area contributed by atoms with Gasteiger partial charge in [-0.3, -0.25) is 4.79 Å². The minimum atomic E-state index is -0.682. The first kappa shape index (κ1) is 19.7. The molecule has 1 aromatic heterocycles. The summed E-state index contributed by atoms with van der Waals surface area (Å²) < 4.78 is 18.5. The molecule has 1 amide bonds. The minimum Gasteiger partial charge on any atom is -0.451 e. The highest BCUT2D eigenvalue weighted by Gasteiger charge is 2.15. The number of thiazole rings is 1. The van der Waals surface area contributed by atoms with E-state index in [9.17, 15) is 14.0 Å². The molecule has 7 heteroatoms. The number of aromatic nitrogens is 1. The van der Waals surface area contributed by atoms with E-state index in [1.54, 1.807) is 24.4 Å². The lowest BCUT2D eigenvalue weighted by Crippen LogP contribution is -2.21. The molecule has 0 saturated carbocycles. The van der Waals surface area contributed by atoms with Gasteiger partial charge in [-0.1, -0.05) is 37.3 Å². The molecule has 0 saturated heterocycles. The number of carbonyl (C=O) groups is 2. The SMILES string of the molecule is CCc1ccc(-c2nc(C(=O)OCC(=O)Nc3ccc(C)c(F)c3)cs2)cc1. The van der Waals surface area contributed by atoms with E-state index >= 15 is 0 Å². The van der Waals surface area contributed by atoms with Crippen molar-refractivity contribution in [2.45, 2.75) is 20.3 Å². The number of benzene rings is 2. The molecule has 3 rings (SSSR count). The van der Waals surface area contributed by atoms with Crippen LogP contribution in [0.2, 0.25) is 0 Å². The lowest BCUT2D eigenvalue weighted by Gasteiger charge is -2.06. The maximum absolute atomic E-state index is 13.5. The molecule has 3 aromatic rings. The van der Waals surface area contributed by atoms with Gasteiger partial charge in [0.2, 0.25) is 0 Å². The van der Waals surface area contributed by atoms with Crippen LogP contribution in [0.4, 0.5) is 10.1 Å². The fraction of sp³-hybridized carbons (Fsp3) is 0.190. The Hall–Kier alpha value is -3.06. The minimum absolute atomic E-state index is 0.147. The zero-order valence-corrected chi connectivity index (χ0v) is 16.3. The maximum atomic E-state index is 13.5. The molecule has 1 N–H and O–H groups in total. The van der Waals surface area contributed by atoms with E-state index in [1.807, 2.05) is 24.3 Å². The molecule has 0 bridgehead atoms. The predicted molar refractivity (Wildman–Crippen MR) is 107 cm³/mol. The van der Waals surface area contributed by atoms with E-state index in [2.05, 4.69) is 17.2 Å². The molecule has 1 heterocycles. The molecule has 0 fully saturated rings. The average molecular weight is 398 g/mol. The van der Waals surface area contributed by atoms with E-state index in [0.717, 1.165) is 12.0 Å². The van der Waals surface area contributed by atoms with Gasteiger partial charge in [0.05, 0.1) is 0 Å². The van der Waals surface area contributed by atoms with E-state index in [4.69, 9.17) is 4.74 Å². The fourth-order valence-electron chi connectivity index (χ4n) is 2.46. The quantitative estimate of drug-likeness (QED) is 0.616. The standard InChI is InChI=1S/C21H19FN2O3S/c1-3-14-5-7-15(8-6-14)20-24-18(12-28-20)21(26)27-11-19(25)23-16-9-4-13(2)17(22)10-16/h4-10,12H,3,11H2,1-2H3,(H,23,25). The van der Waals surface area contributed by atoms with Crippen molar-refractivity contribution in [2.75, 3.05) is 11.9 Å². The molecule has 0 aliphatic carbocycles. The molecule has 0 spiro atoms. The molecular weight excluding hydrogens is 379 g/mol. The van der Waals surface area contributed by atoms with Gasteiger partial charge >= 0.3 is 5.97 Å². The second kappa shape index (κ2) is 8.75. The Bertz CT molecular complexity index is 999. The Morgan fingerprint density at radius 1 is 1.18 bits per heavy atom. The van der Waals surface area contributed by atoms with Gasteiger partial charge in [0.15, 0.2) is 12.3 Å². The Balaban J connectivity index is 1.56. The van der Waals surface area contributed by atoms with Crippen LogP contribution in [-0.2, 0) is 16.0 Å². The topological polar surface area (TPSA) is 68.3 Å². The molecular formula is C21H19FN2O3S. The number of nitrogens with zero attached hydrogens (tertiary/aromatic N) is 1. The van der Waals surface area contributed by atoms with Gasteiger partial charge in [-0.2, -0.15) is 0 Å². The van der Waals surface area contributed by atoms with Gasteiger partial charge in [0.1, 0.15) is 10.8 Å². The van der Waals surface area contributed by atoms with Crippen molar-refractivity contribution in [2.24, 2.45) is 0 Å². The van der Waals surface area contributed by atoms with Crippen LogP contribution >= 0.6 is 11.3 Å². The molecule has 0 atom stereocenters. The number of hydrogen-bond donors (Lipinski definition) is 1. The van der Waals surface area contributed by atoms with Crippen molar-refractivity contribution < 1.29 is 18.7 Å². The third-order valence-electron chi connectivity index (χ3n) is 4.11. The van der Waals surface area contributed by atoms with Crippen LogP contribution in [0.1, 0.15) is 28.5 Å². The Morgan fingerprint density at radius 3 is 2.61 bits per heavy atom. The van der Waals surface area contributed by atoms with Crippen molar-refractivity contribution in [1.82, 2.24) is 4.98 Å². The molecule has 0 radical (unpaired) electrons. The maximum Gasteiger partial charge on any atom is 0.358 e. The normalized spacial score (nSPS) is 10.5. The Labute approximate surface area is 166 Å². The largest absolute Gasteiger partial charge is 0.451 e. The number of nitrogens with one attached hydrogen (secondary N) is 1. The van der Waals surface area contributed by atoms with E-state index in [0.29, 0.717) is 16.3 Å². The third kappa shape index (κ3) is 4.80. The summed E-state index contributed by atoms with van der Waals surface area (Å²) in [5.41, 5.74) is 3.07. The van der Waals surface area contributed by atoms with Gasteiger partial charge in [-0.15, -0.1) is 11.3 Å². The molecule has 144 valence electrons. The number of aryl methyl sites for hydroxylation is 2. The molecule has 5 nitrogen and oxygen atoms in total. The molecule has 0 aliphatic heterocycles. The van der Waals surface area contributed by atoms with Crippen molar-refractivity contribution in [3.8, 4) is 10.6 Å². The van der Waals surface area contributed by atoms with E-state index < -0.39 is 24.3 Å². The summed E-state index contributed by atoms with van der Waals surface area (Å²) in [6.45, 7) is 3.23. The van der Waals surface area contributed by atoms with Crippen molar-refractivity contribution in [3.63, 3.8) is 0 Å². The number of ether oxygens (including phenoxy) is 1. The summed E-state index contributed by atoms with van der Waals surface area (Å²) in [6.07, 6.45) is 0.951. The van der Waals surface area contributed by atoms with Crippen LogP contribution in [0.15, 0.2) is 47.8 Å². The van der Waals surface area contributed by atoms with Crippen LogP contribution in [0.5, 0.6) is 0 Å². The smallest absolute Gasteiger partial charge is 0.358 e. The third-order valence-corrected chi connectivity index (χ3v) is 5.00. The lowest BCUT2D eigenvalue weighted by atomic mass is 10.1. The Morgan fingerprint density at radius 2 is 1.93 bits per heavy atom. The van der Waals surface area contributed by atoms with Gasteiger partial charge in [-0.25, -0.2) is 14.2 Å². The second-order valence-corrected chi connectivity index (χ2v) is 7.03. The summed E-state index contributed by atoms with van der Waals surface area (Å²) in [7, 11) is 0. The molecule has 0 aliphatic rings. The summed E-state index contributed by atoms with van der Waals surface area (Å²) in [5, 5.41) is 4.78. The highest BCUT2D eigenvalue weighted by molar-refractivity contribution is 7.13. The highest BCUT2D eigenvalue weighted by Crippen LogP contribution is 2.24. The Kier molecular flexibility index (Phi) is 6.16. The first-order chi connectivity index (χ1) is 13.5. The van der Waals surface area contributed by atoms with Gasteiger partial charge in [-0.05, 0) is 36.6 Å². The van der Waals surface area contributed by atoms with E-state index in [1.165, 1.54) is 23.0 Å². The number of rotatable bonds is 6. The van der Waals surface area contributed by atoms with Crippen LogP contribution in [0, 0.1) is 12.7 Å². The first-order valence-corrected chi connectivity index (χ1v) is 9.62. The van der Waals surface area contributed by atoms with Crippen molar-refractivity contribution in [1.29, 1.82) is 0 Å². The van der Waals surface area contributed by atoms with Gasteiger partial charge < -0.3 is 10.1 Å². The van der Waals surface area contributed by atoms with Crippen LogP contribution in [-0.4, -0.2) is 23.5 Å². The van der Waals surface area contributed by atoms with Crippen molar-refractivity contribution >= 4 is 28.9 Å². The molecule has 2 aromatic carbocycles. The van der Waals surface area contributed by atoms with Gasteiger partial charge in [0.25, 0.3) is 5.91 Å². The van der Waals surface area contributed by atoms with Crippen molar-refractivity contribution in [3.05, 3.63) is 70.5 Å². The zero-order chi connectivity index (χ0) is 20.1. The number of carbonyl (C=O) groups excluding carboxylic acids is 2. The second-order valence-electron chi connectivity index (χ2n) is 6.18. The molecule has 0 unspecified atom stereocenters. The van der Waals surface area contributed by atoms with Crippen LogP contribution in [0.3, 0.4) is 0 Å². The lowest BCUT2D eigenvalue weighted by molar-refractivity contribution is -0.119. The first-order valence-electron chi connectivity index (χ1n) is 8.74. The number of hydrogen-bond acceptors (Lipinski definition) is 5. The monoisotopic (exact) mass is 398 g/mol. The number of amides is 1. The van der Waals surface area contributed by atoms with Crippen LogP contribution in [0.25, 0.3) is 10.6 Å². The predicted octanol–water partition coefficient (Wildman–Crippen LogP) is 4.62. The zero-order valence-electron chi connectivity index (χ0n) is 15.5. The number of halogens is 1. The highest BCUT2D eigenvalue weighted by atomic mass is 32.1. The average Bonchev–Trinajstić information content (AvgIpc) is 3.19. The molecule has 28 heavy (non-hydrogen) atoms. The number of esters is 1. The van der Waals surface area contributed by atoms with E-state index in [-0.39, 0.29) is 5.69 Å². The summed E-state index contributed by atoms with van der Waals surface area (Å²) in [6, 6.07) is 12.3. The summed E-state index contributed by atoms with van der Waals surface area (Å²) in [5.74, 6) is -1.66. The fourth-order valence-corrected chi connectivity index (χ4v) is 3.25. The summed E-state index contributed by atoms with van der Waals surface area (Å²) >= 11 is 1.33. The number of anilines is 1.